The molecule has 2 aromatic rings. The number of halogens is 2. The van der Waals surface area contributed by atoms with Gasteiger partial charge in [-0.2, -0.15) is 0 Å². The van der Waals surface area contributed by atoms with Gasteiger partial charge in [-0.1, -0.05) is 32.9 Å². The molecule has 1 amide bonds. The van der Waals surface area contributed by atoms with Crippen molar-refractivity contribution in [3.63, 3.8) is 0 Å². The monoisotopic (exact) mass is 431 g/mol. The zero-order valence-corrected chi connectivity index (χ0v) is 18.4. The smallest absolute Gasteiger partial charge is 0.225 e. The molecular formula is C24H31F2N3O2. The number of rotatable bonds is 6. The Morgan fingerprint density at radius 2 is 2.00 bits per heavy atom. The van der Waals surface area contributed by atoms with Crippen LogP contribution >= 0.6 is 0 Å². The first-order valence-electron chi connectivity index (χ1n) is 10.7. The van der Waals surface area contributed by atoms with Crippen molar-refractivity contribution in [2.45, 2.75) is 45.8 Å². The van der Waals surface area contributed by atoms with Crippen LogP contribution in [0.5, 0.6) is 0 Å². The second-order valence-electron chi connectivity index (χ2n) is 9.39. The third-order valence-electron chi connectivity index (χ3n) is 5.88. The highest BCUT2D eigenvalue weighted by atomic mass is 19.2. The van der Waals surface area contributed by atoms with Gasteiger partial charge in [0.25, 0.3) is 0 Å². The summed E-state index contributed by atoms with van der Waals surface area (Å²) in [5, 5.41) is 14.7. The van der Waals surface area contributed by atoms with Gasteiger partial charge in [-0.25, -0.2) is 8.78 Å². The second kappa shape index (κ2) is 9.40. The van der Waals surface area contributed by atoms with Crippen molar-refractivity contribution >= 4 is 5.91 Å². The standard InChI is InChI=1S/C24H31F2N3O2/c1-23(2,3)22(30)28-16-24(31,21-8-4-5-11-27-21)18-7-6-12-29(15-18)14-17-9-10-19(25)20(26)13-17/h4-5,8-11,13,18,31H,6-7,12,14-16H2,1-3H3,(H,28,30)/t18-,24-/m0/s1. The van der Waals surface area contributed by atoms with Crippen LogP contribution in [0.15, 0.2) is 42.6 Å². The number of amides is 1. The second-order valence-corrected chi connectivity index (χ2v) is 9.39. The molecule has 1 aliphatic heterocycles. The fourth-order valence-corrected chi connectivity index (χ4v) is 4.03. The first-order valence-corrected chi connectivity index (χ1v) is 10.7. The zero-order valence-electron chi connectivity index (χ0n) is 18.4. The van der Waals surface area contributed by atoms with E-state index in [2.05, 4.69) is 15.2 Å². The SMILES string of the molecule is CC(C)(C)C(=O)NC[C@@](O)(c1ccccn1)[C@H]1CCCN(Cc2ccc(F)c(F)c2)C1. The van der Waals surface area contributed by atoms with Gasteiger partial charge in [0.2, 0.25) is 5.91 Å². The first-order chi connectivity index (χ1) is 14.6. The average molecular weight is 432 g/mol. The lowest BCUT2D eigenvalue weighted by Gasteiger charge is -2.42. The number of hydrogen-bond acceptors (Lipinski definition) is 4. The van der Waals surface area contributed by atoms with E-state index in [1.807, 2.05) is 26.8 Å². The topological polar surface area (TPSA) is 65.5 Å². The Hall–Kier alpha value is -2.38. The van der Waals surface area contributed by atoms with Crippen molar-refractivity contribution in [2.24, 2.45) is 11.3 Å². The van der Waals surface area contributed by atoms with Crippen LogP contribution in [-0.4, -0.2) is 40.5 Å². The van der Waals surface area contributed by atoms with Crippen LogP contribution < -0.4 is 5.32 Å². The largest absolute Gasteiger partial charge is 0.381 e. The number of likely N-dealkylation sites (tertiary alicyclic amines) is 1. The molecule has 2 atom stereocenters. The molecule has 0 radical (unpaired) electrons. The summed E-state index contributed by atoms with van der Waals surface area (Å²) in [6.45, 7) is 7.34. The minimum Gasteiger partial charge on any atom is -0.381 e. The number of nitrogens with one attached hydrogen (secondary N) is 1. The maximum absolute atomic E-state index is 13.6. The Bertz CT molecular complexity index is 901. The van der Waals surface area contributed by atoms with Gasteiger partial charge < -0.3 is 10.4 Å². The van der Waals surface area contributed by atoms with Gasteiger partial charge >= 0.3 is 0 Å². The van der Waals surface area contributed by atoms with E-state index in [9.17, 15) is 18.7 Å². The number of hydrogen-bond donors (Lipinski definition) is 2. The number of aliphatic hydroxyl groups is 1. The van der Waals surface area contributed by atoms with Gasteiger partial charge in [-0.15, -0.1) is 0 Å². The molecule has 3 rings (SSSR count). The lowest BCUT2D eigenvalue weighted by molar-refractivity contribution is -0.131. The highest BCUT2D eigenvalue weighted by Crippen LogP contribution is 2.35. The Morgan fingerprint density at radius 1 is 1.23 bits per heavy atom. The Kier molecular flexibility index (Phi) is 7.06. The minimum atomic E-state index is -1.34. The number of carbonyl (C=O) groups excluding carboxylic acids is 1. The molecule has 1 aromatic carbocycles. The molecule has 1 saturated heterocycles. The van der Waals surface area contributed by atoms with E-state index in [4.69, 9.17) is 0 Å². The Labute approximate surface area is 182 Å². The summed E-state index contributed by atoms with van der Waals surface area (Å²) in [5.41, 5.74) is -0.712. The molecular weight excluding hydrogens is 400 g/mol. The molecule has 0 aliphatic carbocycles. The molecule has 0 bridgehead atoms. The van der Waals surface area contributed by atoms with Gasteiger partial charge in [-0.3, -0.25) is 14.7 Å². The van der Waals surface area contributed by atoms with Crippen LogP contribution in [0.25, 0.3) is 0 Å². The molecule has 1 aromatic heterocycles. The van der Waals surface area contributed by atoms with Gasteiger partial charge in [-0.05, 0) is 49.2 Å². The molecule has 0 saturated carbocycles. The van der Waals surface area contributed by atoms with Crippen LogP contribution in [0.3, 0.4) is 0 Å². The molecule has 0 spiro atoms. The van der Waals surface area contributed by atoms with Gasteiger partial charge in [0.15, 0.2) is 11.6 Å². The van der Waals surface area contributed by atoms with E-state index >= 15 is 0 Å². The summed E-state index contributed by atoms with van der Waals surface area (Å²) in [7, 11) is 0. The minimum absolute atomic E-state index is 0.0593. The summed E-state index contributed by atoms with van der Waals surface area (Å²) < 4.78 is 26.9. The summed E-state index contributed by atoms with van der Waals surface area (Å²) in [6, 6.07) is 9.31. The van der Waals surface area contributed by atoms with Crippen molar-refractivity contribution < 1.29 is 18.7 Å². The summed E-state index contributed by atoms with van der Waals surface area (Å²) in [4.78, 5) is 19.0. The number of carbonyl (C=O) groups is 1. The van der Waals surface area contributed by atoms with Crippen molar-refractivity contribution in [1.82, 2.24) is 15.2 Å². The maximum atomic E-state index is 13.6. The molecule has 1 fully saturated rings. The predicted octanol–water partition coefficient (Wildman–Crippen LogP) is 3.62. The predicted molar refractivity (Wildman–Crippen MR) is 115 cm³/mol. The van der Waals surface area contributed by atoms with Crippen LogP contribution in [0.1, 0.15) is 44.9 Å². The number of benzene rings is 1. The van der Waals surface area contributed by atoms with Crippen LogP contribution in [-0.2, 0) is 16.9 Å². The normalized spacial score (nSPS) is 19.6. The zero-order chi connectivity index (χ0) is 22.6. The molecule has 2 N–H and O–H groups in total. The van der Waals surface area contributed by atoms with E-state index < -0.39 is 22.7 Å². The van der Waals surface area contributed by atoms with E-state index in [0.29, 0.717) is 24.3 Å². The molecule has 5 nitrogen and oxygen atoms in total. The van der Waals surface area contributed by atoms with Gasteiger partial charge in [0.1, 0.15) is 5.60 Å². The van der Waals surface area contributed by atoms with Gasteiger partial charge in [0, 0.05) is 30.6 Å². The van der Waals surface area contributed by atoms with Gasteiger partial charge in [0.05, 0.1) is 12.2 Å². The number of aromatic nitrogens is 1. The van der Waals surface area contributed by atoms with E-state index in [1.165, 1.54) is 6.07 Å². The van der Waals surface area contributed by atoms with Crippen LogP contribution in [0.2, 0.25) is 0 Å². The summed E-state index contributed by atoms with van der Waals surface area (Å²) in [6.07, 6.45) is 3.25. The third-order valence-corrected chi connectivity index (χ3v) is 5.88. The maximum Gasteiger partial charge on any atom is 0.225 e. The third kappa shape index (κ3) is 5.66. The molecule has 168 valence electrons. The van der Waals surface area contributed by atoms with Crippen molar-refractivity contribution in [2.75, 3.05) is 19.6 Å². The summed E-state index contributed by atoms with van der Waals surface area (Å²) in [5.74, 6) is -2.04. The lowest BCUT2D eigenvalue weighted by Crippen LogP contribution is -2.53. The molecule has 2 heterocycles. The fraction of sp³-hybridized carbons (Fsp3) is 0.500. The average Bonchev–Trinajstić information content (AvgIpc) is 2.74. The fourth-order valence-electron chi connectivity index (χ4n) is 4.03. The van der Waals surface area contributed by atoms with Crippen LogP contribution in [0.4, 0.5) is 8.78 Å². The van der Waals surface area contributed by atoms with Crippen molar-refractivity contribution in [3.05, 3.63) is 65.5 Å². The van der Waals surface area contributed by atoms with Crippen molar-refractivity contribution in [3.8, 4) is 0 Å². The Balaban J connectivity index is 1.79. The van der Waals surface area contributed by atoms with E-state index in [1.54, 1.807) is 24.4 Å². The number of piperidine rings is 1. The molecule has 1 aliphatic rings. The highest BCUT2D eigenvalue weighted by molar-refractivity contribution is 5.81. The number of pyridine rings is 1. The van der Waals surface area contributed by atoms with E-state index in [0.717, 1.165) is 25.5 Å². The van der Waals surface area contributed by atoms with Crippen LogP contribution in [0, 0.1) is 23.0 Å². The molecule has 31 heavy (non-hydrogen) atoms. The first kappa shape index (κ1) is 23.3. The lowest BCUT2D eigenvalue weighted by atomic mass is 9.78. The van der Waals surface area contributed by atoms with E-state index in [-0.39, 0.29) is 18.4 Å². The van der Waals surface area contributed by atoms with Crippen molar-refractivity contribution in [1.29, 1.82) is 0 Å². The summed E-state index contributed by atoms with van der Waals surface area (Å²) >= 11 is 0. The number of nitrogens with zero attached hydrogens (tertiary/aromatic N) is 2. The molecule has 7 heteroatoms. The Morgan fingerprint density at radius 3 is 2.65 bits per heavy atom. The quantitative estimate of drug-likeness (QED) is 0.733. The highest BCUT2D eigenvalue weighted by Gasteiger charge is 2.42. The molecule has 0 unspecified atom stereocenters.